The van der Waals surface area contributed by atoms with Crippen molar-refractivity contribution in [1.29, 1.82) is 0 Å². The number of amides is 3. The molecule has 0 unspecified atom stereocenters. The highest BCUT2D eigenvalue weighted by atomic mass is 32.2. The van der Waals surface area contributed by atoms with Crippen LogP contribution >= 0.6 is 11.8 Å². The molecule has 0 radical (unpaired) electrons. The summed E-state index contributed by atoms with van der Waals surface area (Å²) in [5.41, 5.74) is 0. The number of carbonyl (C=O) groups is 3. The van der Waals surface area contributed by atoms with Crippen LogP contribution in [-0.2, 0) is 9.59 Å². The number of thioether (sulfide) groups is 1. The van der Waals surface area contributed by atoms with Crippen molar-refractivity contribution in [3.05, 3.63) is 0 Å². The van der Waals surface area contributed by atoms with Gasteiger partial charge in [-0.2, -0.15) is 0 Å². The molecule has 2 aliphatic rings. The Morgan fingerprint density at radius 2 is 2.00 bits per heavy atom. The summed E-state index contributed by atoms with van der Waals surface area (Å²) in [6.07, 6.45) is 0. The molecule has 2 fully saturated rings. The number of rotatable bonds is 3. The zero-order valence-electron chi connectivity index (χ0n) is 11.0. The van der Waals surface area contributed by atoms with E-state index >= 15 is 0 Å². The van der Waals surface area contributed by atoms with Crippen LogP contribution in [0.2, 0.25) is 0 Å². The van der Waals surface area contributed by atoms with E-state index in [2.05, 4.69) is 10.6 Å². The van der Waals surface area contributed by atoms with Gasteiger partial charge < -0.3 is 25.5 Å². The number of hydrogen-bond donors (Lipinski definition) is 3. The molecule has 2 rings (SSSR count). The van der Waals surface area contributed by atoms with Crippen molar-refractivity contribution >= 4 is 29.7 Å². The first-order valence-corrected chi connectivity index (χ1v) is 7.58. The fourth-order valence-electron chi connectivity index (χ4n) is 2.13. The normalized spacial score (nSPS) is 22.7. The van der Waals surface area contributed by atoms with Gasteiger partial charge in [-0.3, -0.25) is 4.79 Å². The van der Waals surface area contributed by atoms with Crippen LogP contribution in [0.15, 0.2) is 0 Å². The molecule has 0 aliphatic carbocycles. The lowest BCUT2D eigenvalue weighted by atomic mass is 10.3. The van der Waals surface area contributed by atoms with Crippen LogP contribution in [-0.4, -0.2) is 83.2 Å². The lowest BCUT2D eigenvalue weighted by Crippen LogP contribution is -2.52. The van der Waals surface area contributed by atoms with Crippen molar-refractivity contribution in [3.8, 4) is 0 Å². The minimum atomic E-state index is -1.02. The lowest BCUT2D eigenvalue weighted by molar-refractivity contribution is -0.140. The standard InChI is InChI=1S/C11H18N4O4S/c16-9(14-3-1-12-2-4-14)5-13-11(19)15-7-20-6-8(15)10(17)18/h8,12H,1-7H2,(H,13,19)(H,17,18)/t8-/m0/s1. The largest absolute Gasteiger partial charge is 0.480 e. The van der Waals surface area contributed by atoms with Crippen LogP contribution in [0.5, 0.6) is 0 Å². The quantitative estimate of drug-likeness (QED) is 0.592. The van der Waals surface area contributed by atoms with Crippen LogP contribution in [0.3, 0.4) is 0 Å². The summed E-state index contributed by atoms with van der Waals surface area (Å²) in [5.74, 6) is -0.434. The Morgan fingerprint density at radius 3 is 2.65 bits per heavy atom. The molecule has 112 valence electrons. The first-order valence-electron chi connectivity index (χ1n) is 6.43. The number of nitrogens with zero attached hydrogens (tertiary/aromatic N) is 2. The summed E-state index contributed by atoms with van der Waals surface area (Å²) in [5, 5.41) is 14.6. The molecule has 3 N–H and O–H groups in total. The topological polar surface area (TPSA) is 102 Å². The monoisotopic (exact) mass is 302 g/mol. The number of carbonyl (C=O) groups excluding carboxylic acids is 2. The molecule has 8 nitrogen and oxygen atoms in total. The second kappa shape index (κ2) is 6.80. The van der Waals surface area contributed by atoms with Gasteiger partial charge in [0, 0.05) is 31.9 Å². The first kappa shape index (κ1) is 14.9. The van der Waals surface area contributed by atoms with Crippen LogP contribution < -0.4 is 10.6 Å². The van der Waals surface area contributed by atoms with Crippen LogP contribution in [0, 0.1) is 0 Å². The average molecular weight is 302 g/mol. The molecular formula is C11H18N4O4S. The number of nitrogens with one attached hydrogen (secondary N) is 2. The summed E-state index contributed by atoms with van der Waals surface area (Å²) in [4.78, 5) is 37.7. The SMILES string of the molecule is O=C(O)[C@@H]1CSCN1C(=O)NCC(=O)N1CCNCC1. The zero-order valence-corrected chi connectivity index (χ0v) is 11.8. The van der Waals surface area contributed by atoms with Gasteiger partial charge in [-0.15, -0.1) is 11.8 Å². The second-order valence-corrected chi connectivity index (χ2v) is 5.61. The van der Waals surface area contributed by atoms with Gasteiger partial charge in [-0.25, -0.2) is 9.59 Å². The number of carboxylic acid groups (broad SMARTS) is 1. The molecule has 0 aromatic rings. The molecule has 0 spiro atoms. The molecule has 9 heteroatoms. The van der Waals surface area contributed by atoms with E-state index in [1.54, 1.807) is 4.90 Å². The third kappa shape index (κ3) is 3.54. The van der Waals surface area contributed by atoms with Crippen molar-refractivity contribution in [3.63, 3.8) is 0 Å². The lowest BCUT2D eigenvalue weighted by Gasteiger charge is -2.28. The molecular weight excluding hydrogens is 284 g/mol. The Bertz CT molecular complexity index is 400. The van der Waals surface area contributed by atoms with E-state index in [9.17, 15) is 14.4 Å². The van der Waals surface area contributed by atoms with Gasteiger partial charge in [0.25, 0.3) is 0 Å². The van der Waals surface area contributed by atoms with Crippen LogP contribution in [0.25, 0.3) is 0 Å². The van der Waals surface area contributed by atoms with Gasteiger partial charge in [0.1, 0.15) is 6.04 Å². The van der Waals surface area contributed by atoms with Gasteiger partial charge >= 0.3 is 12.0 Å². The van der Waals surface area contributed by atoms with Crippen molar-refractivity contribution in [2.75, 3.05) is 44.4 Å². The van der Waals surface area contributed by atoms with Gasteiger partial charge in [-0.05, 0) is 0 Å². The highest BCUT2D eigenvalue weighted by Gasteiger charge is 2.34. The molecule has 20 heavy (non-hydrogen) atoms. The van der Waals surface area contributed by atoms with E-state index < -0.39 is 18.0 Å². The number of piperazine rings is 1. The molecule has 3 amide bonds. The Hall–Kier alpha value is -1.48. The molecule has 2 heterocycles. The Kier molecular flexibility index (Phi) is 5.07. The molecule has 2 aliphatic heterocycles. The number of hydrogen-bond acceptors (Lipinski definition) is 5. The average Bonchev–Trinajstić information content (AvgIpc) is 2.95. The van der Waals surface area contributed by atoms with Crippen LogP contribution in [0.4, 0.5) is 4.79 Å². The summed E-state index contributed by atoms with van der Waals surface area (Å²) in [6.45, 7) is 2.68. The molecule has 1 atom stereocenters. The molecule has 2 saturated heterocycles. The predicted molar refractivity (Wildman–Crippen MR) is 73.4 cm³/mol. The van der Waals surface area contributed by atoms with Gasteiger partial charge in [0.2, 0.25) is 5.91 Å². The van der Waals surface area contributed by atoms with Crippen molar-refractivity contribution in [1.82, 2.24) is 20.4 Å². The fraction of sp³-hybridized carbons (Fsp3) is 0.727. The molecule has 0 saturated carbocycles. The predicted octanol–water partition coefficient (Wildman–Crippen LogP) is -1.41. The second-order valence-electron chi connectivity index (χ2n) is 4.61. The number of aliphatic carboxylic acids is 1. The van der Waals surface area contributed by atoms with E-state index in [1.807, 2.05) is 0 Å². The van der Waals surface area contributed by atoms with Crippen molar-refractivity contribution in [2.24, 2.45) is 0 Å². The summed E-state index contributed by atoms with van der Waals surface area (Å²) < 4.78 is 0. The highest BCUT2D eigenvalue weighted by molar-refractivity contribution is 7.99. The maximum Gasteiger partial charge on any atom is 0.327 e. The van der Waals surface area contributed by atoms with E-state index in [0.717, 1.165) is 13.1 Å². The minimum Gasteiger partial charge on any atom is -0.480 e. The fourth-order valence-corrected chi connectivity index (χ4v) is 3.27. The summed E-state index contributed by atoms with van der Waals surface area (Å²) >= 11 is 1.39. The van der Waals surface area contributed by atoms with Crippen LogP contribution in [0.1, 0.15) is 0 Å². The smallest absolute Gasteiger partial charge is 0.327 e. The molecule has 0 aromatic heterocycles. The number of urea groups is 1. The number of carboxylic acids is 1. The molecule has 0 aromatic carbocycles. The summed E-state index contributed by atoms with van der Waals surface area (Å²) in [7, 11) is 0. The van der Waals surface area contributed by atoms with Gasteiger partial charge in [0.05, 0.1) is 12.4 Å². The third-order valence-corrected chi connectivity index (χ3v) is 4.30. The van der Waals surface area contributed by atoms with E-state index in [1.165, 1.54) is 16.7 Å². The van der Waals surface area contributed by atoms with Crippen molar-refractivity contribution in [2.45, 2.75) is 6.04 Å². The first-order chi connectivity index (χ1) is 9.59. The summed E-state index contributed by atoms with van der Waals surface area (Å²) in [6, 6.07) is -1.31. The molecule has 0 bridgehead atoms. The Balaban J connectivity index is 1.79. The Labute approximate surface area is 120 Å². The van der Waals surface area contributed by atoms with E-state index in [0.29, 0.717) is 24.7 Å². The van der Waals surface area contributed by atoms with Crippen molar-refractivity contribution < 1.29 is 19.5 Å². The minimum absolute atomic E-state index is 0.0909. The van der Waals surface area contributed by atoms with Gasteiger partial charge in [0.15, 0.2) is 0 Å². The van der Waals surface area contributed by atoms with Gasteiger partial charge in [-0.1, -0.05) is 0 Å². The van der Waals surface area contributed by atoms with E-state index in [-0.39, 0.29) is 12.5 Å². The maximum absolute atomic E-state index is 11.9. The zero-order chi connectivity index (χ0) is 14.5. The Morgan fingerprint density at radius 1 is 1.30 bits per heavy atom. The third-order valence-electron chi connectivity index (χ3n) is 3.29. The van der Waals surface area contributed by atoms with E-state index in [4.69, 9.17) is 5.11 Å². The highest BCUT2D eigenvalue weighted by Crippen LogP contribution is 2.20. The maximum atomic E-state index is 11.9.